The Bertz CT molecular complexity index is 914. The van der Waals surface area contributed by atoms with E-state index in [9.17, 15) is 4.39 Å². The second kappa shape index (κ2) is 5.98. The molecule has 3 heterocycles. The Labute approximate surface area is 138 Å². The van der Waals surface area contributed by atoms with Crippen LogP contribution in [0.5, 0.6) is 0 Å². The smallest absolute Gasteiger partial charge is 0.135 e. The minimum Gasteiger partial charge on any atom is -0.330 e. The summed E-state index contributed by atoms with van der Waals surface area (Å²) in [6.45, 7) is 0.933. The first-order chi connectivity index (χ1) is 11.8. The van der Waals surface area contributed by atoms with Crippen LogP contribution in [0.4, 0.5) is 4.39 Å². The van der Waals surface area contributed by atoms with E-state index in [-0.39, 0.29) is 5.82 Å². The molecule has 0 aliphatic carbocycles. The Kier molecular flexibility index (Phi) is 3.66. The van der Waals surface area contributed by atoms with Crippen molar-refractivity contribution in [2.75, 3.05) is 6.54 Å². The zero-order valence-electron chi connectivity index (χ0n) is 13.0. The Morgan fingerprint density at radius 2 is 2.08 bits per heavy atom. The van der Waals surface area contributed by atoms with E-state index in [1.807, 2.05) is 29.0 Å². The van der Waals surface area contributed by atoms with E-state index in [1.54, 1.807) is 12.3 Å². The molecular formula is C18H16FN5. The van der Waals surface area contributed by atoms with Crippen molar-refractivity contribution in [3.05, 3.63) is 77.4 Å². The molecule has 3 aromatic rings. The number of hydrogen-bond acceptors (Lipinski definition) is 4. The van der Waals surface area contributed by atoms with Gasteiger partial charge in [-0.2, -0.15) is 0 Å². The molecule has 0 saturated heterocycles. The van der Waals surface area contributed by atoms with E-state index in [1.165, 1.54) is 12.1 Å². The number of pyridine rings is 1. The molecule has 0 unspecified atom stereocenters. The zero-order valence-corrected chi connectivity index (χ0v) is 13.0. The summed E-state index contributed by atoms with van der Waals surface area (Å²) in [7, 11) is 0. The topological polar surface area (TPSA) is 69.1 Å². The molecule has 0 fully saturated rings. The van der Waals surface area contributed by atoms with Gasteiger partial charge in [0.1, 0.15) is 11.6 Å². The van der Waals surface area contributed by atoms with Crippen LogP contribution >= 0.6 is 0 Å². The van der Waals surface area contributed by atoms with Gasteiger partial charge in [-0.05, 0) is 36.9 Å². The molecule has 1 aliphatic rings. The predicted octanol–water partition coefficient (Wildman–Crippen LogP) is 2.26. The third kappa shape index (κ3) is 2.41. The maximum absolute atomic E-state index is 13.9. The first kappa shape index (κ1) is 14.7. The molecule has 0 amide bonds. The highest BCUT2D eigenvalue weighted by molar-refractivity contribution is 6.14. The van der Waals surface area contributed by atoms with Crippen molar-refractivity contribution in [3.8, 4) is 5.69 Å². The Hall–Kier alpha value is -2.86. The average Bonchev–Trinajstić information content (AvgIpc) is 2.92. The van der Waals surface area contributed by atoms with Crippen molar-refractivity contribution in [2.24, 2.45) is 10.7 Å². The van der Waals surface area contributed by atoms with E-state index in [0.717, 1.165) is 22.9 Å². The van der Waals surface area contributed by atoms with Gasteiger partial charge < -0.3 is 5.73 Å². The average molecular weight is 321 g/mol. The third-order valence-corrected chi connectivity index (χ3v) is 4.05. The van der Waals surface area contributed by atoms with Gasteiger partial charge in [-0.25, -0.2) is 9.37 Å². The van der Waals surface area contributed by atoms with Gasteiger partial charge in [0.2, 0.25) is 0 Å². The molecule has 120 valence electrons. The highest BCUT2D eigenvalue weighted by Crippen LogP contribution is 2.26. The van der Waals surface area contributed by atoms with Crippen molar-refractivity contribution in [2.45, 2.75) is 13.0 Å². The van der Waals surface area contributed by atoms with Gasteiger partial charge in [-0.3, -0.25) is 14.5 Å². The summed E-state index contributed by atoms with van der Waals surface area (Å²) in [6, 6.07) is 10.3. The lowest BCUT2D eigenvalue weighted by molar-refractivity contribution is 0.627. The van der Waals surface area contributed by atoms with Crippen molar-refractivity contribution in [3.63, 3.8) is 0 Å². The molecule has 2 aromatic heterocycles. The predicted molar refractivity (Wildman–Crippen MR) is 89.9 cm³/mol. The maximum atomic E-state index is 13.9. The van der Waals surface area contributed by atoms with Gasteiger partial charge >= 0.3 is 0 Å². The summed E-state index contributed by atoms with van der Waals surface area (Å²) in [5.41, 5.74) is 9.67. The first-order valence-electron chi connectivity index (χ1n) is 7.79. The van der Waals surface area contributed by atoms with Gasteiger partial charge in [0, 0.05) is 30.1 Å². The Morgan fingerprint density at radius 3 is 2.88 bits per heavy atom. The van der Waals surface area contributed by atoms with Crippen molar-refractivity contribution >= 4 is 5.71 Å². The highest BCUT2D eigenvalue weighted by atomic mass is 19.1. The van der Waals surface area contributed by atoms with Gasteiger partial charge in [0.05, 0.1) is 23.6 Å². The fraction of sp³-hybridized carbons (Fsp3) is 0.167. The molecule has 1 aromatic carbocycles. The molecule has 0 bridgehead atoms. The molecule has 0 atom stereocenters. The number of imidazole rings is 1. The van der Waals surface area contributed by atoms with Crippen LogP contribution < -0.4 is 5.73 Å². The maximum Gasteiger partial charge on any atom is 0.135 e. The van der Waals surface area contributed by atoms with Crippen LogP contribution in [0.2, 0.25) is 0 Å². The van der Waals surface area contributed by atoms with Gasteiger partial charge in [0.15, 0.2) is 0 Å². The zero-order chi connectivity index (χ0) is 16.5. The normalized spacial score (nSPS) is 13.0. The fourth-order valence-corrected chi connectivity index (χ4v) is 3.01. The number of nitrogens with zero attached hydrogens (tertiary/aromatic N) is 4. The summed E-state index contributed by atoms with van der Waals surface area (Å²) in [5.74, 6) is 0.513. The molecule has 4 rings (SSSR count). The van der Waals surface area contributed by atoms with E-state index >= 15 is 0 Å². The molecule has 0 radical (unpaired) electrons. The molecule has 2 N–H and O–H groups in total. The second-order valence-electron chi connectivity index (χ2n) is 5.58. The van der Waals surface area contributed by atoms with Gasteiger partial charge in [-0.15, -0.1) is 0 Å². The lowest BCUT2D eigenvalue weighted by Gasteiger charge is -2.14. The minimum absolute atomic E-state index is 0.304. The molecule has 0 saturated carbocycles. The lowest BCUT2D eigenvalue weighted by Crippen LogP contribution is -2.12. The lowest BCUT2D eigenvalue weighted by atomic mass is 10.0. The summed E-state index contributed by atoms with van der Waals surface area (Å²) in [5, 5.41) is 0. The van der Waals surface area contributed by atoms with Gasteiger partial charge in [-0.1, -0.05) is 6.07 Å². The quantitative estimate of drug-likeness (QED) is 0.804. The van der Waals surface area contributed by atoms with Crippen LogP contribution in [-0.4, -0.2) is 26.8 Å². The number of rotatable bonds is 3. The third-order valence-electron chi connectivity index (χ3n) is 4.05. The summed E-state index contributed by atoms with van der Waals surface area (Å²) in [4.78, 5) is 13.5. The van der Waals surface area contributed by atoms with E-state index in [2.05, 4.69) is 15.0 Å². The molecule has 24 heavy (non-hydrogen) atoms. The Balaban J connectivity index is 1.96. The molecule has 0 spiro atoms. The second-order valence-corrected chi connectivity index (χ2v) is 5.58. The monoisotopic (exact) mass is 321 g/mol. The van der Waals surface area contributed by atoms with E-state index in [0.29, 0.717) is 30.8 Å². The largest absolute Gasteiger partial charge is 0.330 e. The number of benzene rings is 1. The van der Waals surface area contributed by atoms with E-state index < -0.39 is 0 Å². The number of hydrogen-bond donors (Lipinski definition) is 1. The number of halogens is 1. The van der Waals surface area contributed by atoms with Crippen LogP contribution in [0.3, 0.4) is 0 Å². The number of aliphatic imine (C=N–C) groups is 1. The molecule has 1 aliphatic heterocycles. The first-order valence-corrected chi connectivity index (χ1v) is 7.79. The molecular weight excluding hydrogens is 305 g/mol. The van der Waals surface area contributed by atoms with Crippen molar-refractivity contribution < 1.29 is 4.39 Å². The standard InChI is InChI=1S/C18H16FN5/c19-12-4-5-16-14(9-12)18(15-3-1-2-8-21-15)23-11-17-22-10-13(6-7-20)24(16)17/h1-5,8-10H,6-7,11,20H2. The summed E-state index contributed by atoms with van der Waals surface area (Å²) >= 11 is 0. The van der Waals surface area contributed by atoms with Crippen LogP contribution in [0.15, 0.2) is 53.8 Å². The van der Waals surface area contributed by atoms with Crippen LogP contribution in [0.25, 0.3) is 5.69 Å². The van der Waals surface area contributed by atoms with Crippen molar-refractivity contribution in [1.82, 2.24) is 14.5 Å². The van der Waals surface area contributed by atoms with Crippen LogP contribution in [-0.2, 0) is 13.0 Å². The highest BCUT2D eigenvalue weighted by Gasteiger charge is 2.22. The van der Waals surface area contributed by atoms with Crippen molar-refractivity contribution in [1.29, 1.82) is 0 Å². The molecule has 5 nitrogen and oxygen atoms in total. The number of aromatic nitrogens is 3. The number of fused-ring (bicyclic) bond motifs is 3. The van der Waals surface area contributed by atoms with Crippen LogP contribution in [0.1, 0.15) is 22.8 Å². The summed E-state index contributed by atoms with van der Waals surface area (Å²) in [6.07, 6.45) is 4.22. The molecule has 6 heteroatoms. The SMILES string of the molecule is NCCc1cnc2n1-c1ccc(F)cc1C(c1ccccn1)=NC2. The Morgan fingerprint density at radius 1 is 1.17 bits per heavy atom. The van der Waals surface area contributed by atoms with E-state index in [4.69, 9.17) is 5.73 Å². The summed E-state index contributed by atoms with van der Waals surface area (Å²) < 4.78 is 16.0. The minimum atomic E-state index is -0.304. The number of nitrogens with two attached hydrogens (primary N) is 1. The van der Waals surface area contributed by atoms with Crippen LogP contribution in [0, 0.1) is 5.82 Å². The fourth-order valence-electron chi connectivity index (χ4n) is 3.01. The van der Waals surface area contributed by atoms with Gasteiger partial charge in [0.25, 0.3) is 0 Å².